The van der Waals surface area contributed by atoms with Gasteiger partial charge in [-0.05, 0) is 38.5 Å². The van der Waals surface area contributed by atoms with E-state index in [4.69, 9.17) is 0 Å². The average Bonchev–Trinajstić information content (AvgIpc) is 2.71. The van der Waals surface area contributed by atoms with Crippen LogP contribution in [0.3, 0.4) is 0 Å². The van der Waals surface area contributed by atoms with Crippen LogP contribution in [-0.2, 0) is 0 Å². The van der Waals surface area contributed by atoms with E-state index in [-0.39, 0.29) is 0 Å². The second-order valence-electron chi connectivity index (χ2n) is 4.58. The lowest BCUT2D eigenvalue weighted by molar-refractivity contribution is 0.349. The third-order valence-electron chi connectivity index (χ3n) is 3.49. The molecular weight excluding hydrogens is 192 g/mol. The van der Waals surface area contributed by atoms with Crippen molar-refractivity contribution >= 4 is 11.8 Å². The van der Waals surface area contributed by atoms with Gasteiger partial charge >= 0.3 is 0 Å². The number of rotatable bonds is 3. The highest BCUT2D eigenvalue weighted by Crippen LogP contribution is 2.27. The molecule has 2 nitrogen and oxygen atoms in total. The monoisotopic (exact) mass is 214 g/mol. The first-order valence-electron chi connectivity index (χ1n) is 5.88. The molecule has 0 bridgehead atoms. The first kappa shape index (κ1) is 10.8. The Balaban J connectivity index is 1.73. The molecule has 0 amide bonds. The molecule has 1 aliphatic heterocycles. The second kappa shape index (κ2) is 5.38. The van der Waals surface area contributed by atoms with Crippen molar-refractivity contribution in [1.29, 1.82) is 0 Å². The van der Waals surface area contributed by atoms with Gasteiger partial charge in [0, 0.05) is 23.9 Å². The van der Waals surface area contributed by atoms with Crippen LogP contribution in [0.4, 0.5) is 0 Å². The summed E-state index contributed by atoms with van der Waals surface area (Å²) in [5.74, 6) is 0. The molecule has 0 radical (unpaired) electrons. The molecule has 3 atom stereocenters. The van der Waals surface area contributed by atoms with Crippen LogP contribution in [0.1, 0.15) is 32.1 Å². The van der Waals surface area contributed by atoms with Crippen LogP contribution < -0.4 is 10.6 Å². The lowest BCUT2D eigenvalue weighted by Crippen LogP contribution is -2.42. The predicted octanol–water partition coefficient (Wildman–Crippen LogP) is 1.61. The van der Waals surface area contributed by atoms with Crippen molar-refractivity contribution in [3.63, 3.8) is 0 Å². The van der Waals surface area contributed by atoms with Gasteiger partial charge in [0.2, 0.25) is 0 Å². The highest BCUT2D eigenvalue weighted by molar-refractivity contribution is 7.99. The van der Waals surface area contributed by atoms with E-state index in [1.807, 2.05) is 0 Å². The fourth-order valence-corrected chi connectivity index (χ4v) is 3.47. The minimum atomic E-state index is 0.751. The van der Waals surface area contributed by atoms with Crippen LogP contribution in [0.15, 0.2) is 0 Å². The van der Waals surface area contributed by atoms with E-state index in [1.54, 1.807) is 0 Å². The van der Waals surface area contributed by atoms with Crippen molar-refractivity contribution in [2.75, 3.05) is 19.3 Å². The molecule has 0 aromatic carbocycles. The molecule has 0 spiro atoms. The second-order valence-corrected chi connectivity index (χ2v) is 5.72. The highest BCUT2D eigenvalue weighted by atomic mass is 32.2. The zero-order valence-corrected chi connectivity index (χ0v) is 9.91. The van der Waals surface area contributed by atoms with E-state index in [0.29, 0.717) is 0 Å². The van der Waals surface area contributed by atoms with Crippen molar-refractivity contribution in [2.24, 2.45) is 0 Å². The van der Waals surface area contributed by atoms with Crippen molar-refractivity contribution < 1.29 is 0 Å². The summed E-state index contributed by atoms with van der Waals surface area (Å²) in [7, 11) is 0. The Labute approximate surface area is 91.6 Å². The molecule has 3 heteroatoms. The molecule has 1 aliphatic carbocycles. The van der Waals surface area contributed by atoms with E-state index in [9.17, 15) is 0 Å². The SMILES string of the molecule is CSC1CCCC(NC2CCNC2)C1. The number of hydrogen-bond acceptors (Lipinski definition) is 3. The molecule has 0 aromatic heterocycles. The number of nitrogens with one attached hydrogen (secondary N) is 2. The summed E-state index contributed by atoms with van der Waals surface area (Å²) >= 11 is 2.05. The summed E-state index contributed by atoms with van der Waals surface area (Å²) in [4.78, 5) is 0. The molecule has 2 rings (SSSR count). The normalized spacial score (nSPS) is 38.8. The zero-order chi connectivity index (χ0) is 9.80. The Kier molecular flexibility index (Phi) is 4.14. The summed E-state index contributed by atoms with van der Waals surface area (Å²) in [6, 6.07) is 1.55. The van der Waals surface area contributed by atoms with Crippen LogP contribution in [0.5, 0.6) is 0 Å². The van der Waals surface area contributed by atoms with Gasteiger partial charge in [-0.3, -0.25) is 0 Å². The largest absolute Gasteiger partial charge is 0.315 e. The van der Waals surface area contributed by atoms with Gasteiger partial charge in [-0.25, -0.2) is 0 Å². The summed E-state index contributed by atoms with van der Waals surface area (Å²) in [5.41, 5.74) is 0. The van der Waals surface area contributed by atoms with Gasteiger partial charge < -0.3 is 10.6 Å². The zero-order valence-electron chi connectivity index (χ0n) is 9.09. The Morgan fingerprint density at radius 2 is 2.14 bits per heavy atom. The first-order valence-corrected chi connectivity index (χ1v) is 7.17. The molecular formula is C11H22N2S. The fourth-order valence-electron chi connectivity index (χ4n) is 2.64. The summed E-state index contributed by atoms with van der Waals surface area (Å²) in [6.07, 6.45) is 9.21. The summed E-state index contributed by atoms with van der Waals surface area (Å²) in [6.45, 7) is 2.39. The van der Waals surface area contributed by atoms with Crippen molar-refractivity contribution in [2.45, 2.75) is 49.4 Å². The highest BCUT2D eigenvalue weighted by Gasteiger charge is 2.24. The minimum Gasteiger partial charge on any atom is -0.315 e. The molecule has 2 aliphatic rings. The average molecular weight is 214 g/mol. The Morgan fingerprint density at radius 1 is 1.21 bits per heavy atom. The molecule has 1 saturated heterocycles. The van der Waals surface area contributed by atoms with Crippen LogP contribution in [0, 0.1) is 0 Å². The summed E-state index contributed by atoms with van der Waals surface area (Å²) < 4.78 is 0. The quantitative estimate of drug-likeness (QED) is 0.746. The van der Waals surface area contributed by atoms with E-state index in [0.717, 1.165) is 17.3 Å². The van der Waals surface area contributed by atoms with Crippen LogP contribution in [0.25, 0.3) is 0 Å². The third kappa shape index (κ3) is 2.88. The van der Waals surface area contributed by atoms with Crippen molar-refractivity contribution in [1.82, 2.24) is 10.6 Å². The van der Waals surface area contributed by atoms with Gasteiger partial charge in [-0.1, -0.05) is 6.42 Å². The Hall–Kier alpha value is 0.270. The maximum Gasteiger partial charge on any atom is 0.0207 e. The molecule has 0 aromatic rings. The minimum absolute atomic E-state index is 0.751. The Morgan fingerprint density at radius 3 is 2.86 bits per heavy atom. The molecule has 2 N–H and O–H groups in total. The van der Waals surface area contributed by atoms with E-state index in [1.165, 1.54) is 45.2 Å². The van der Waals surface area contributed by atoms with Crippen LogP contribution in [-0.4, -0.2) is 36.7 Å². The molecule has 2 fully saturated rings. The summed E-state index contributed by atoms with van der Waals surface area (Å²) in [5, 5.41) is 8.14. The Bertz CT molecular complexity index is 169. The van der Waals surface area contributed by atoms with Gasteiger partial charge in [0.25, 0.3) is 0 Å². The standard InChI is InChI=1S/C11H22N2S/c1-14-11-4-2-3-9(7-11)13-10-5-6-12-8-10/h9-13H,2-8H2,1H3. The van der Waals surface area contributed by atoms with Crippen LogP contribution in [0.2, 0.25) is 0 Å². The lowest BCUT2D eigenvalue weighted by Gasteiger charge is -2.30. The van der Waals surface area contributed by atoms with Gasteiger partial charge in [0.1, 0.15) is 0 Å². The number of thioether (sulfide) groups is 1. The maximum atomic E-state index is 3.81. The van der Waals surface area contributed by atoms with E-state index < -0.39 is 0 Å². The molecule has 14 heavy (non-hydrogen) atoms. The molecule has 3 unspecified atom stereocenters. The lowest BCUT2D eigenvalue weighted by atomic mass is 9.94. The van der Waals surface area contributed by atoms with Gasteiger partial charge in [0.15, 0.2) is 0 Å². The van der Waals surface area contributed by atoms with E-state index in [2.05, 4.69) is 28.7 Å². The topological polar surface area (TPSA) is 24.1 Å². The molecule has 1 saturated carbocycles. The molecule has 1 heterocycles. The van der Waals surface area contributed by atoms with Crippen molar-refractivity contribution in [3.05, 3.63) is 0 Å². The first-order chi connectivity index (χ1) is 6.88. The fraction of sp³-hybridized carbons (Fsp3) is 1.00. The van der Waals surface area contributed by atoms with Crippen molar-refractivity contribution in [3.8, 4) is 0 Å². The maximum absolute atomic E-state index is 3.81. The predicted molar refractivity (Wildman–Crippen MR) is 64.0 cm³/mol. The molecule has 82 valence electrons. The smallest absolute Gasteiger partial charge is 0.0207 e. The van der Waals surface area contributed by atoms with Gasteiger partial charge in [0.05, 0.1) is 0 Å². The van der Waals surface area contributed by atoms with Crippen LogP contribution >= 0.6 is 11.8 Å². The third-order valence-corrected chi connectivity index (χ3v) is 4.59. The van der Waals surface area contributed by atoms with Gasteiger partial charge in [-0.15, -0.1) is 0 Å². The van der Waals surface area contributed by atoms with E-state index >= 15 is 0 Å². The number of hydrogen-bond donors (Lipinski definition) is 2. The van der Waals surface area contributed by atoms with Gasteiger partial charge in [-0.2, -0.15) is 11.8 Å².